The summed E-state index contributed by atoms with van der Waals surface area (Å²) in [5, 5.41) is 7.00. The van der Waals surface area contributed by atoms with E-state index in [4.69, 9.17) is 0 Å². The van der Waals surface area contributed by atoms with Crippen molar-refractivity contribution in [3.63, 3.8) is 0 Å². The maximum atomic E-state index is 14.9. The molecular weight excluding hydrogens is 439 g/mol. The zero-order valence-electron chi connectivity index (χ0n) is 19.0. The Morgan fingerprint density at radius 1 is 1.21 bits per heavy atom. The van der Waals surface area contributed by atoms with Crippen LogP contribution in [0.25, 0.3) is 16.7 Å². The van der Waals surface area contributed by atoms with Crippen molar-refractivity contribution in [2.45, 2.75) is 46.1 Å². The standard InChI is InChI=1S/C24H23FN6O3/c1-4-30-21-20(23(33)28-24(30)34)16(11-18(27-21)14-5-6-14)22(32)26-15-7-8-19(17(25)10-15)31-13(3)9-12(2)29-31/h7-11,14H,4-6H2,1-3H3,(H,26,32)(H,28,33,34). The fourth-order valence-electron chi connectivity index (χ4n) is 4.18. The fourth-order valence-corrected chi connectivity index (χ4v) is 4.18. The quantitative estimate of drug-likeness (QED) is 0.473. The van der Waals surface area contributed by atoms with Gasteiger partial charge in [-0.15, -0.1) is 0 Å². The van der Waals surface area contributed by atoms with Gasteiger partial charge in [-0.25, -0.2) is 18.9 Å². The van der Waals surface area contributed by atoms with Crippen LogP contribution in [0.3, 0.4) is 0 Å². The average Bonchev–Trinajstić information content (AvgIpc) is 3.57. The van der Waals surface area contributed by atoms with Crippen molar-refractivity contribution in [3.8, 4) is 5.69 Å². The monoisotopic (exact) mass is 462 g/mol. The summed E-state index contributed by atoms with van der Waals surface area (Å²) in [6, 6.07) is 7.75. The second-order valence-electron chi connectivity index (χ2n) is 8.53. The zero-order chi connectivity index (χ0) is 24.1. The van der Waals surface area contributed by atoms with Crippen molar-refractivity contribution < 1.29 is 9.18 Å². The molecular formula is C24H23FN6O3. The molecule has 1 saturated carbocycles. The first-order valence-corrected chi connectivity index (χ1v) is 11.1. The van der Waals surface area contributed by atoms with Crippen LogP contribution < -0.4 is 16.6 Å². The van der Waals surface area contributed by atoms with Gasteiger partial charge in [-0.3, -0.25) is 19.1 Å². The third-order valence-corrected chi connectivity index (χ3v) is 5.97. The number of carbonyl (C=O) groups excluding carboxylic acids is 1. The van der Waals surface area contributed by atoms with Crippen LogP contribution in [0.4, 0.5) is 10.1 Å². The van der Waals surface area contributed by atoms with Gasteiger partial charge >= 0.3 is 5.69 Å². The third kappa shape index (κ3) is 3.70. The van der Waals surface area contributed by atoms with E-state index in [1.54, 1.807) is 19.1 Å². The molecule has 4 aromatic rings. The van der Waals surface area contributed by atoms with E-state index in [1.807, 2.05) is 19.9 Å². The number of carbonyl (C=O) groups is 1. The lowest BCUT2D eigenvalue weighted by molar-refractivity contribution is 0.102. The summed E-state index contributed by atoms with van der Waals surface area (Å²) in [6.07, 6.45) is 1.86. The lowest BCUT2D eigenvalue weighted by atomic mass is 10.1. The van der Waals surface area contributed by atoms with E-state index in [-0.39, 0.29) is 40.4 Å². The van der Waals surface area contributed by atoms with Gasteiger partial charge in [0.1, 0.15) is 5.69 Å². The van der Waals surface area contributed by atoms with Crippen LogP contribution in [0, 0.1) is 19.7 Å². The second-order valence-corrected chi connectivity index (χ2v) is 8.53. The number of hydrogen-bond acceptors (Lipinski definition) is 5. The van der Waals surface area contributed by atoms with Gasteiger partial charge in [0.05, 0.1) is 16.6 Å². The van der Waals surface area contributed by atoms with E-state index in [0.29, 0.717) is 5.69 Å². The van der Waals surface area contributed by atoms with Gasteiger partial charge in [0, 0.05) is 29.5 Å². The maximum absolute atomic E-state index is 14.9. The minimum Gasteiger partial charge on any atom is -0.322 e. The average molecular weight is 462 g/mol. The number of hydrogen-bond donors (Lipinski definition) is 2. The van der Waals surface area contributed by atoms with Crippen LogP contribution in [0.15, 0.2) is 39.9 Å². The molecule has 0 bridgehead atoms. The molecule has 34 heavy (non-hydrogen) atoms. The Hall–Kier alpha value is -4.08. The number of nitrogens with one attached hydrogen (secondary N) is 2. The number of amides is 1. The Bertz CT molecular complexity index is 1580. The van der Waals surface area contributed by atoms with Crippen molar-refractivity contribution in [1.29, 1.82) is 0 Å². The second kappa shape index (κ2) is 8.05. The fraction of sp³-hybridized carbons (Fsp3) is 0.292. The van der Waals surface area contributed by atoms with Crippen molar-refractivity contribution in [3.05, 3.63) is 79.6 Å². The normalized spacial score (nSPS) is 13.4. The van der Waals surface area contributed by atoms with Gasteiger partial charge in [0.25, 0.3) is 11.5 Å². The first-order valence-electron chi connectivity index (χ1n) is 11.1. The first kappa shape index (κ1) is 21.7. The lowest BCUT2D eigenvalue weighted by Crippen LogP contribution is -2.32. The van der Waals surface area contributed by atoms with Gasteiger partial charge in [0.2, 0.25) is 0 Å². The summed E-state index contributed by atoms with van der Waals surface area (Å²) < 4.78 is 17.7. The molecule has 5 rings (SSSR count). The molecule has 1 aliphatic carbocycles. The molecule has 0 saturated heterocycles. The number of nitrogens with zero attached hydrogens (tertiary/aromatic N) is 4. The highest BCUT2D eigenvalue weighted by Gasteiger charge is 2.28. The van der Waals surface area contributed by atoms with Gasteiger partial charge < -0.3 is 5.32 Å². The van der Waals surface area contributed by atoms with E-state index < -0.39 is 23.0 Å². The van der Waals surface area contributed by atoms with E-state index in [9.17, 15) is 18.8 Å². The summed E-state index contributed by atoms with van der Waals surface area (Å²) in [4.78, 5) is 45.0. The molecule has 0 radical (unpaired) electrons. The van der Waals surface area contributed by atoms with Crippen LogP contribution in [0.5, 0.6) is 0 Å². The van der Waals surface area contributed by atoms with Crippen molar-refractivity contribution >= 4 is 22.6 Å². The summed E-state index contributed by atoms with van der Waals surface area (Å²) in [5.41, 5.74) is 1.71. The van der Waals surface area contributed by atoms with E-state index in [0.717, 1.165) is 24.2 Å². The summed E-state index contributed by atoms with van der Waals surface area (Å²) in [5.74, 6) is -0.951. The molecule has 1 aromatic carbocycles. The number of benzene rings is 1. The number of H-pyrrole nitrogens is 1. The number of halogens is 1. The third-order valence-electron chi connectivity index (χ3n) is 5.97. The number of aromatic amines is 1. The van der Waals surface area contributed by atoms with Crippen LogP contribution in [0.1, 0.15) is 53.1 Å². The smallest absolute Gasteiger partial charge is 0.322 e. The highest BCUT2D eigenvalue weighted by Crippen LogP contribution is 2.40. The molecule has 1 amide bonds. The first-order chi connectivity index (χ1) is 16.3. The Kier molecular flexibility index (Phi) is 5.15. The van der Waals surface area contributed by atoms with E-state index >= 15 is 0 Å². The Morgan fingerprint density at radius 2 is 1.97 bits per heavy atom. The SMILES string of the molecule is CCn1c(=O)[nH]c(=O)c2c(C(=O)Nc3ccc(-n4nc(C)cc4C)c(F)c3)cc(C3CC3)nc21. The topological polar surface area (TPSA) is 115 Å². The van der Waals surface area contributed by atoms with Gasteiger partial charge in [-0.05, 0) is 63.9 Å². The summed E-state index contributed by atoms with van der Waals surface area (Å²) >= 11 is 0. The van der Waals surface area contributed by atoms with Gasteiger partial charge in [-0.1, -0.05) is 0 Å². The van der Waals surface area contributed by atoms with Crippen molar-refractivity contribution in [1.82, 2.24) is 24.3 Å². The predicted molar refractivity (Wildman–Crippen MR) is 125 cm³/mol. The molecule has 3 heterocycles. The largest absolute Gasteiger partial charge is 0.329 e. The molecule has 3 aromatic heterocycles. The minimum atomic E-state index is -0.684. The highest BCUT2D eigenvalue weighted by molar-refractivity contribution is 6.11. The molecule has 0 atom stereocenters. The van der Waals surface area contributed by atoms with Crippen molar-refractivity contribution in [2.24, 2.45) is 0 Å². The summed E-state index contributed by atoms with van der Waals surface area (Å²) in [6.45, 7) is 5.70. The predicted octanol–water partition coefficient (Wildman–Crippen LogP) is 3.18. The molecule has 2 N–H and O–H groups in total. The molecule has 0 unspecified atom stereocenters. The van der Waals surface area contributed by atoms with Crippen molar-refractivity contribution in [2.75, 3.05) is 5.32 Å². The Morgan fingerprint density at radius 3 is 2.59 bits per heavy atom. The number of pyridine rings is 1. The molecule has 1 fully saturated rings. The number of rotatable bonds is 5. The molecule has 0 aliphatic heterocycles. The maximum Gasteiger partial charge on any atom is 0.329 e. The number of anilines is 1. The van der Waals surface area contributed by atoms with E-state index in [1.165, 1.54) is 21.4 Å². The van der Waals surface area contributed by atoms with Gasteiger partial charge in [0.15, 0.2) is 11.5 Å². The van der Waals surface area contributed by atoms with Crippen LogP contribution in [-0.2, 0) is 6.54 Å². The Labute approximate surface area is 193 Å². The molecule has 0 spiro atoms. The van der Waals surface area contributed by atoms with Gasteiger partial charge in [-0.2, -0.15) is 5.10 Å². The number of aryl methyl sites for hydroxylation is 3. The molecule has 1 aliphatic rings. The zero-order valence-corrected chi connectivity index (χ0v) is 19.0. The molecule has 9 nitrogen and oxygen atoms in total. The Balaban J connectivity index is 1.56. The summed E-state index contributed by atoms with van der Waals surface area (Å²) in [7, 11) is 0. The lowest BCUT2D eigenvalue weighted by Gasteiger charge is -2.13. The number of fused-ring (bicyclic) bond motifs is 1. The minimum absolute atomic E-state index is 0.0306. The van der Waals surface area contributed by atoms with Crippen LogP contribution in [0.2, 0.25) is 0 Å². The number of aromatic nitrogens is 5. The van der Waals surface area contributed by atoms with Crippen LogP contribution in [-0.4, -0.2) is 30.2 Å². The van der Waals surface area contributed by atoms with E-state index in [2.05, 4.69) is 20.4 Å². The highest BCUT2D eigenvalue weighted by atomic mass is 19.1. The van der Waals surface area contributed by atoms with Crippen LogP contribution >= 0.6 is 0 Å². The molecule has 174 valence electrons. The molecule has 10 heteroatoms.